The molecule has 0 saturated carbocycles. The summed E-state index contributed by atoms with van der Waals surface area (Å²) in [6.45, 7) is 5.38. The van der Waals surface area contributed by atoms with Gasteiger partial charge in [0.1, 0.15) is 18.8 Å². The summed E-state index contributed by atoms with van der Waals surface area (Å²) >= 11 is 0. The van der Waals surface area contributed by atoms with Crippen LogP contribution in [0, 0.1) is 0 Å². The van der Waals surface area contributed by atoms with Gasteiger partial charge in [-0.2, -0.15) is 0 Å². The van der Waals surface area contributed by atoms with Gasteiger partial charge in [0.05, 0.1) is 26.4 Å². The molecule has 2 amide bonds. The van der Waals surface area contributed by atoms with Crippen LogP contribution in [-0.4, -0.2) is 78.4 Å². The molecule has 2 aromatic rings. The van der Waals surface area contributed by atoms with E-state index in [1.54, 1.807) is 4.90 Å². The number of ketones is 1. The van der Waals surface area contributed by atoms with E-state index in [0.29, 0.717) is 52.5 Å². The average Bonchev–Trinajstić information content (AvgIpc) is 3.44. The standard InChI is InChI=1S/C15H17NO3.C14H15NO4/c1-12-7-8-16(15(12)10-18-11-15)14(17)19-9-13-5-3-2-4-6-13;16-12-6-7-15(14(12)9-18-10-14)13(17)19-8-11-4-2-1-3-5-11/h2-7H,8-11H2,1H3;1-5H,6-10H2. The fourth-order valence-electron chi connectivity index (χ4n) is 5.02. The summed E-state index contributed by atoms with van der Waals surface area (Å²) in [5.41, 5.74) is 2.15. The molecule has 4 heterocycles. The molecule has 9 nitrogen and oxygen atoms in total. The molecule has 0 radical (unpaired) electrons. The summed E-state index contributed by atoms with van der Waals surface area (Å²) in [7, 11) is 0. The lowest BCUT2D eigenvalue weighted by Crippen LogP contribution is -2.64. The molecular formula is C29H32N2O7. The Morgan fingerprint density at radius 2 is 1.29 bits per heavy atom. The van der Waals surface area contributed by atoms with Crippen LogP contribution in [0.2, 0.25) is 0 Å². The van der Waals surface area contributed by atoms with Crippen molar-refractivity contribution in [2.75, 3.05) is 39.5 Å². The summed E-state index contributed by atoms with van der Waals surface area (Å²) in [6.07, 6.45) is 1.77. The van der Waals surface area contributed by atoms with E-state index in [9.17, 15) is 14.4 Å². The number of nitrogens with zero attached hydrogens (tertiary/aromatic N) is 2. The average molecular weight is 521 g/mol. The van der Waals surface area contributed by atoms with E-state index in [0.717, 1.165) is 11.1 Å². The Morgan fingerprint density at radius 3 is 1.76 bits per heavy atom. The van der Waals surface area contributed by atoms with Gasteiger partial charge in [-0.05, 0) is 23.6 Å². The first-order chi connectivity index (χ1) is 18.4. The maximum atomic E-state index is 12.2. The summed E-state index contributed by atoms with van der Waals surface area (Å²) < 4.78 is 21.0. The summed E-state index contributed by atoms with van der Waals surface area (Å²) in [5.74, 6) is 0.0791. The third-order valence-electron chi connectivity index (χ3n) is 7.64. The van der Waals surface area contributed by atoms with Crippen LogP contribution in [0.5, 0.6) is 0 Å². The van der Waals surface area contributed by atoms with Crippen LogP contribution < -0.4 is 0 Å². The smallest absolute Gasteiger partial charge is 0.411 e. The lowest BCUT2D eigenvalue weighted by Gasteiger charge is -2.45. The molecule has 0 aromatic heterocycles. The van der Waals surface area contributed by atoms with Gasteiger partial charge in [-0.25, -0.2) is 9.59 Å². The molecule has 2 aromatic carbocycles. The quantitative estimate of drug-likeness (QED) is 0.567. The molecule has 38 heavy (non-hydrogen) atoms. The topological polar surface area (TPSA) is 94.6 Å². The van der Waals surface area contributed by atoms with E-state index >= 15 is 0 Å². The molecule has 0 bridgehead atoms. The van der Waals surface area contributed by atoms with Crippen molar-refractivity contribution in [1.29, 1.82) is 0 Å². The summed E-state index contributed by atoms with van der Waals surface area (Å²) in [6, 6.07) is 19.2. The summed E-state index contributed by atoms with van der Waals surface area (Å²) in [4.78, 5) is 39.4. The highest BCUT2D eigenvalue weighted by Crippen LogP contribution is 2.37. The zero-order valence-electron chi connectivity index (χ0n) is 21.5. The Balaban J connectivity index is 0.000000155. The van der Waals surface area contributed by atoms with E-state index in [-0.39, 0.29) is 24.0 Å². The van der Waals surface area contributed by atoms with E-state index < -0.39 is 11.6 Å². The molecule has 0 atom stereocenters. The second kappa shape index (κ2) is 11.0. The number of ether oxygens (including phenoxy) is 4. The molecule has 4 aliphatic heterocycles. The van der Waals surface area contributed by atoms with Crippen LogP contribution in [0.3, 0.4) is 0 Å². The first kappa shape index (κ1) is 25.9. The van der Waals surface area contributed by atoms with Crippen molar-refractivity contribution in [2.45, 2.75) is 37.6 Å². The van der Waals surface area contributed by atoms with Crippen molar-refractivity contribution in [3.63, 3.8) is 0 Å². The first-order valence-electron chi connectivity index (χ1n) is 12.8. The van der Waals surface area contributed by atoms with E-state index in [4.69, 9.17) is 18.9 Å². The van der Waals surface area contributed by atoms with Crippen molar-refractivity contribution in [3.8, 4) is 0 Å². The largest absolute Gasteiger partial charge is 0.445 e. The highest BCUT2D eigenvalue weighted by Gasteiger charge is 2.56. The third kappa shape index (κ3) is 4.91. The minimum absolute atomic E-state index is 0.0791. The minimum atomic E-state index is -0.742. The highest BCUT2D eigenvalue weighted by atomic mass is 16.6. The zero-order chi connectivity index (χ0) is 26.6. The molecule has 2 spiro atoms. The monoisotopic (exact) mass is 520 g/mol. The lowest BCUT2D eigenvalue weighted by atomic mass is 9.90. The van der Waals surface area contributed by atoms with Gasteiger partial charge in [-0.15, -0.1) is 0 Å². The molecule has 3 saturated heterocycles. The van der Waals surface area contributed by atoms with Gasteiger partial charge in [-0.3, -0.25) is 14.6 Å². The van der Waals surface area contributed by atoms with Crippen molar-refractivity contribution < 1.29 is 33.3 Å². The van der Waals surface area contributed by atoms with Crippen LogP contribution in [0.1, 0.15) is 24.5 Å². The number of likely N-dealkylation sites (tertiary alicyclic amines) is 1. The number of amides is 2. The normalized spacial score (nSPS) is 20.2. The maximum Gasteiger partial charge on any atom is 0.411 e. The first-order valence-corrected chi connectivity index (χ1v) is 12.8. The van der Waals surface area contributed by atoms with Crippen LogP contribution >= 0.6 is 0 Å². The van der Waals surface area contributed by atoms with Crippen molar-refractivity contribution in [2.24, 2.45) is 0 Å². The molecule has 4 aliphatic rings. The number of carbonyl (C=O) groups is 3. The molecule has 0 aliphatic carbocycles. The van der Waals surface area contributed by atoms with Crippen LogP contribution in [0.25, 0.3) is 0 Å². The molecule has 200 valence electrons. The summed E-state index contributed by atoms with van der Waals surface area (Å²) in [5, 5.41) is 0. The van der Waals surface area contributed by atoms with E-state index in [1.807, 2.05) is 67.6 Å². The second-order valence-corrected chi connectivity index (χ2v) is 9.95. The van der Waals surface area contributed by atoms with Crippen molar-refractivity contribution >= 4 is 18.0 Å². The Hall–Kier alpha value is -3.69. The minimum Gasteiger partial charge on any atom is -0.445 e. The Labute approximate surface area is 221 Å². The van der Waals surface area contributed by atoms with Gasteiger partial charge in [0, 0.05) is 19.5 Å². The van der Waals surface area contributed by atoms with Gasteiger partial charge in [0.2, 0.25) is 0 Å². The Bertz CT molecular complexity index is 1180. The number of carbonyl (C=O) groups excluding carboxylic acids is 3. The van der Waals surface area contributed by atoms with E-state index in [2.05, 4.69) is 6.08 Å². The number of hydrogen-bond donors (Lipinski definition) is 0. The third-order valence-corrected chi connectivity index (χ3v) is 7.64. The second-order valence-electron chi connectivity index (χ2n) is 9.95. The fourth-order valence-corrected chi connectivity index (χ4v) is 5.02. The molecule has 0 N–H and O–H groups in total. The predicted octanol–water partition coefficient (Wildman–Crippen LogP) is 3.72. The van der Waals surface area contributed by atoms with Gasteiger partial charge in [0.25, 0.3) is 0 Å². The lowest BCUT2D eigenvalue weighted by molar-refractivity contribution is -0.152. The Kier molecular flexibility index (Phi) is 7.49. The fraction of sp³-hybridized carbons (Fsp3) is 0.414. The number of benzene rings is 2. The Morgan fingerprint density at radius 1 is 0.789 bits per heavy atom. The molecule has 3 fully saturated rings. The molecule has 0 unspecified atom stereocenters. The molecular weight excluding hydrogens is 488 g/mol. The number of Topliss-reactive ketones (excluding diaryl/α,β-unsaturated/α-hetero) is 1. The van der Waals surface area contributed by atoms with Crippen molar-refractivity contribution in [1.82, 2.24) is 9.80 Å². The predicted molar refractivity (Wildman–Crippen MR) is 137 cm³/mol. The van der Waals surface area contributed by atoms with Gasteiger partial charge < -0.3 is 18.9 Å². The van der Waals surface area contributed by atoms with Gasteiger partial charge >= 0.3 is 12.2 Å². The maximum absolute atomic E-state index is 12.2. The highest BCUT2D eigenvalue weighted by molar-refractivity contribution is 5.95. The number of hydrogen-bond acceptors (Lipinski definition) is 7. The van der Waals surface area contributed by atoms with Gasteiger partial charge in [-0.1, -0.05) is 66.7 Å². The number of rotatable bonds is 4. The molecule has 9 heteroatoms. The van der Waals surface area contributed by atoms with Gasteiger partial charge in [0.15, 0.2) is 11.3 Å². The van der Waals surface area contributed by atoms with Crippen LogP contribution in [-0.2, 0) is 37.0 Å². The van der Waals surface area contributed by atoms with Crippen LogP contribution in [0.15, 0.2) is 72.3 Å². The van der Waals surface area contributed by atoms with Crippen molar-refractivity contribution in [3.05, 3.63) is 83.4 Å². The van der Waals surface area contributed by atoms with E-state index in [1.165, 1.54) is 10.5 Å². The molecule has 6 rings (SSSR count). The van der Waals surface area contributed by atoms with Crippen LogP contribution in [0.4, 0.5) is 9.59 Å². The zero-order valence-corrected chi connectivity index (χ0v) is 21.5. The SMILES string of the molecule is CC1=CCN(C(=O)OCc2ccccc2)C12COC2.O=C(OCc1ccccc1)N1CCC(=O)C12COC2.